The van der Waals surface area contributed by atoms with E-state index in [0.29, 0.717) is 6.42 Å². The molecule has 0 aliphatic carbocycles. The molecule has 0 amide bonds. The van der Waals surface area contributed by atoms with Crippen LogP contribution in [0.1, 0.15) is 12.6 Å². The van der Waals surface area contributed by atoms with Crippen molar-refractivity contribution in [2.45, 2.75) is 23.6 Å². The smallest absolute Gasteiger partial charge is 0.394 e. The molecule has 0 spiro atoms. The Bertz CT molecular complexity index is 396. The molecule has 7 nitrogen and oxygen atoms in total. The number of aromatic nitrogens is 2. The van der Waals surface area contributed by atoms with Crippen molar-refractivity contribution >= 4 is 21.9 Å². The van der Waals surface area contributed by atoms with E-state index in [2.05, 4.69) is 20.9 Å². The number of nitro groups is 1. The van der Waals surface area contributed by atoms with Gasteiger partial charge in [-0.25, -0.2) is 4.57 Å². The third-order valence-electron chi connectivity index (χ3n) is 2.42. The number of hydrogen-bond donors (Lipinski definition) is 1. The quantitative estimate of drug-likeness (QED) is 0.506. The van der Waals surface area contributed by atoms with Gasteiger partial charge in [-0.15, -0.1) is 0 Å². The molecular weight excluding hydrogens is 282 g/mol. The highest BCUT2D eigenvalue weighted by molar-refractivity contribution is 9.09. The van der Waals surface area contributed by atoms with Crippen molar-refractivity contribution in [2.75, 3.05) is 6.61 Å². The maximum absolute atomic E-state index is 10.7. The van der Waals surface area contributed by atoms with Crippen molar-refractivity contribution < 1.29 is 14.8 Å². The third-order valence-corrected chi connectivity index (χ3v) is 3.24. The fraction of sp³-hybridized carbons (Fsp3) is 0.625. The molecule has 1 aliphatic rings. The van der Waals surface area contributed by atoms with E-state index in [9.17, 15) is 10.1 Å². The summed E-state index contributed by atoms with van der Waals surface area (Å²) in [5.41, 5.74) is 0. The van der Waals surface area contributed by atoms with E-state index in [1.54, 1.807) is 0 Å². The van der Waals surface area contributed by atoms with Crippen molar-refractivity contribution in [1.82, 2.24) is 9.55 Å². The van der Waals surface area contributed by atoms with E-state index < -0.39 is 11.2 Å². The summed E-state index contributed by atoms with van der Waals surface area (Å²) in [4.78, 5) is 13.7. The second-order valence-corrected chi connectivity index (χ2v) is 4.65. The van der Waals surface area contributed by atoms with Crippen LogP contribution in [0.4, 0.5) is 5.95 Å². The first-order valence-corrected chi connectivity index (χ1v) is 5.62. The predicted octanol–water partition coefficient (Wildman–Crippen LogP) is 0.835. The monoisotopic (exact) mass is 291 g/mol. The molecule has 16 heavy (non-hydrogen) atoms. The summed E-state index contributed by atoms with van der Waals surface area (Å²) in [5, 5.41) is 19.7. The van der Waals surface area contributed by atoms with Gasteiger partial charge in [0.05, 0.1) is 17.5 Å². The number of aliphatic hydroxyl groups is 1. The maximum atomic E-state index is 10.7. The van der Waals surface area contributed by atoms with E-state index >= 15 is 0 Å². The van der Waals surface area contributed by atoms with Gasteiger partial charge in [0.15, 0.2) is 6.23 Å². The lowest BCUT2D eigenvalue weighted by Crippen LogP contribution is -2.17. The molecule has 88 valence electrons. The molecule has 0 aromatic carbocycles. The van der Waals surface area contributed by atoms with Crippen LogP contribution < -0.4 is 0 Å². The van der Waals surface area contributed by atoms with Crippen molar-refractivity contribution in [1.29, 1.82) is 0 Å². The van der Waals surface area contributed by atoms with Gasteiger partial charge in [0.2, 0.25) is 0 Å². The highest BCUT2D eigenvalue weighted by Crippen LogP contribution is 2.35. The fourth-order valence-corrected chi connectivity index (χ4v) is 2.50. The van der Waals surface area contributed by atoms with Crippen molar-refractivity contribution in [3.05, 3.63) is 22.5 Å². The molecule has 1 aromatic rings. The normalized spacial score (nSPS) is 29.5. The van der Waals surface area contributed by atoms with Crippen LogP contribution in [0.3, 0.4) is 0 Å². The summed E-state index contributed by atoms with van der Waals surface area (Å²) in [6.45, 7) is -0.0961. The number of halogens is 1. The maximum Gasteiger partial charge on any atom is 0.436 e. The number of aliphatic hydroxyl groups excluding tert-OH is 1. The summed E-state index contributed by atoms with van der Waals surface area (Å²) in [6.07, 6.45) is 2.66. The third kappa shape index (κ3) is 1.95. The molecule has 8 heteroatoms. The van der Waals surface area contributed by atoms with Crippen LogP contribution in [-0.4, -0.2) is 37.1 Å². The van der Waals surface area contributed by atoms with Gasteiger partial charge in [-0.2, -0.15) is 0 Å². The zero-order valence-electron chi connectivity index (χ0n) is 8.19. The summed E-state index contributed by atoms with van der Waals surface area (Å²) < 4.78 is 6.84. The van der Waals surface area contributed by atoms with Gasteiger partial charge in [-0.1, -0.05) is 20.9 Å². The van der Waals surface area contributed by atoms with Crippen molar-refractivity contribution in [2.24, 2.45) is 0 Å². The van der Waals surface area contributed by atoms with Crippen LogP contribution in [-0.2, 0) is 4.74 Å². The topological polar surface area (TPSA) is 90.4 Å². The van der Waals surface area contributed by atoms with Crippen LogP contribution in [0.5, 0.6) is 0 Å². The van der Waals surface area contributed by atoms with E-state index in [1.807, 2.05) is 0 Å². The minimum atomic E-state index is -0.560. The number of ether oxygens (including phenoxy) is 1. The van der Waals surface area contributed by atoms with E-state index in [0.717, 1.165) is 0 Å². The summed E-state index contributed by atoms with van der Waals surface area (Å²) >= 11 is 3.38. The minimum Gasteiger partial charge on any atom is -0.394 e. The molecule has 1 fully saturated rings. The molecule has 1 aromatic heterocycles. The number of alkyl halides is 1. The predicted molar refractivity (Wildman–Crippen MR) is 57.2 cm³/mol. The number of nitrogens with zero attached hydrogens (tertiary/aromatic N) is 3. The molecule has 1 aliphatic heterocycles. The average molecular weight is 292 g/mol. The molecule has 1 N–H and O–H groups in total. The zero-order valence-corrected chi connectivity index (χ0v) is 9.78. The van der Waals surface area contributed by atoms with Crippen LogP contribution in [0, 0.1) is 10.1 Å². The fourth-order valence-electron chi connectivity index (χ4n) is 1.71. The molecule has 2 rings (SSSR count). The zero-order chi connectivity index (χ0) is 11.7. The van der Waals surface area contributed by atoms with E-state index in [-0.39, 0.29) is 23.5 Å². The number of hydrogen-bond acceptors (Lipinski definition) is 5. The highest BCUT2D eigenvalue weighted by Gasteiger charge is 2.39. The standard InChI is InChI=1S/C8H10BrN3O4/c9-6-3-5(4-13)16-7(6)11-2-1-10-8(11)12(14)15/h1-2,5-7,13H,3-4H2/t5-,6-,7+/m0/s1. The Morgan fingerprint density at radius 2 is 2.56 bits per heavy atom. The van der Waals surface area contributed by atoms with E-state index in [4.69, 9.17) is 9.84 Å². The Hall–Kier alpha value is -0.990. The van der Waals surface area contributed by atoms with Gasteiger partial charge in [0.1, 0.15) is 12.4 Å². The summed E-state index contributed by atoms with van der Waals surface area (Å²) in [5.74, 6) is -0.256. The SMILES string of the molecule is O=[N+]([O-])c1nccn1[C@@H]1O[C@H](CO)C[C@@H]1Br. The molecular formula is C8H10BrN3O4. The second-order valence-electron chi connectivity index (χ2n) is 3.47. The Balaban J connectivity index is 2.24. The molecule has 0 saturated carbocycles. The van der Waals surface area contributed by atoms with Crippen LogP contribution in [0.15, 0.2) is 12.4 Å². The van der Waals surface area contributed by atoms with Gasteiger partial charge in [0, 0.05) is 0 Å². The largest absolute Gasteiger partial charge is 0.436 e. The Labute approximate surface area is 99.3 Å². The van der Waals surface area contributed by atoms with Crippen molar-refractivity contribution in [3.63, 3.8) is 0 Å². The highest BCUT2D eigenvalue weighted by atomic mass is 79.9. The van der Waals surface area contributed by atoms with Crippen LogP contribution in [0.2, 0.25) is 0 Å². The van der Waals surface area contributed by atoms with Crippen LogP contribution in [0.25, 0.3) is 0 Å². The molecule has 1 saturated heterocycles. The molecule has 2 heterocycles. The number of rotatable bonds is 3. The first-order valence-electron chi connectivity index (χ1n) is 4.71. The first-order chi connectivity index (χ1) is 7.63. The molecule has 3 atom stereocenters. The van der Waals surface area contributed by atoms with Gasteiger partial charge in [0.25, 0.3) is 0 Å². The van der Waals surface area contributed by atoms with Crippen LogP contribution >= 0.6 is 15.9 Å². The van der Waals surface area contributed by atoms with E-state index in [1.165, 1.54) is 17.0 Å². The van der Waals surface area contributed by atoms with Crippen molar-refractivity contribution in [3.8, 4) is 0 Å². The lowest BCUT2D eigenvalue weighted by molar-refractivity contribution is -0.398. The Morgan fingerprint density at radius 3 is 3.12 bits per heavy atom. The second kappa shape index (κ2) is 4.48. The molecule has 0 unspecified atom stereocenters. The summed E-state index contributed by atoms with van der Waals surface area (Å²) in [6, 6.07) is 0. The Morgan fingerprint density at radius 1 is 1.81 bits per heavy atom. The average Bonchev–Trinajstić information content (AvgIpc) is 2.82. The lowest BCUT2D eigenvalue weighted by atomic mass is 10.2. The Kier molecular flexibility index (Phi) is 3.22. The molecule has 0 radical (unpaired) electrons. The summed E-state index contributed by atoms with van der Waals surface area (Å²) in [7, 11) is 0. The number of imidazole rings is 1. The minimum absolute atomic E-state index is 0.0717. The van der Waals surface area contributed by atoms with Gasteiger partial charge >= 0.3 is 5.95 Å². The van der Waals surface area contributed by atoms with Gasteiger partial charge in [-0.3, -0.25) is 0 Å². The first kappa shape index (κ1) is 11.5. The van der Waals surface area contributed by atoms with Gasteiger partial charge in [-0.05, 0) is 11.3 Å². The lowest BCUT2D eigenvalue weighted by Gasteiger charge is -2.12. The molecule has 0 bridgehead atoms. The van der Waals surface area contributed by atoms with Gasteiger partial charge < -0.3 is 20.0 Å².